The van der Waals surface area contributed by atoms with Gasteiger partial charge in [0.1, 0.15) is 0 Å². The second kappa shape index (κ2) is 7.38. The molecule has 6 nitrogen and oxygen atoms in total. The monoisotopic (exact) mass is 312 g/mol. The summed E-state index contributed by atoms with van der Waals surface area (Å²) in [7, 11) is 0. The number of amides is 1. The zero-order valence-corrected chi connectivity index (χ0v) is 12.5. The van der Waals surface area contributed by atoms with Crippen LogP contribution in [0.3, 0.4) is 0 Å². The first-order valence-corrected chi connectivity index (χ1v) is 7.51. The number of hydrogen-bond acceptors (Lipinski definition) is 3. The first-order chi connectivity index (χ1) is 10.1. The second-order valence-electron chi connectivity index (χ2n) is 5.31. The number of nitrogens with one attached hydrogen (secondary N) is 2. The molecule has 0 bridgehead atoms. The minimum Gasteiger partial charge on any atom is -0.327 e. The maximum absolute atomic E-state index is 12.0. The van der Waals surface area contributed by atoms with E-state index in [1.807, 2.05) is 0 Å². The number of carbonyl (C=O) groups is 1. The van der Waals surface area contributed by atoms with E-state index in [0.29, 0.717) is 12.2 Å². The highest BCUT2D eigenvalue weighted by Crippen LogP contribution is 2.26. The van der Waals surface area contributed by atoms with Gasteiger partial charge in [-0.2, -0.15) is 0 Å². The number of nitro benzene ring substituents is 1. The van der Waals surface area contributed by atoms with Gasteiger partial charge in [-0.3, -0.25) is 14.9 Å². The van der Waals surface area contributed by atoms with E-state index in [1.165, 1.54) is 35.9 Å². The van der Waals surface area contributed by atoms with Crippen LogP contribution < -0.4 is 10.2 Å². The van der Waals surface area contributed by atoms with E-state index in [1.54, 1.807) is 0 Å². The van der Waals surface area contributed by atoms with Gasteiger partial charge in [-0.25, -0.2) is 0 Å². The van der Waals surface area contributed by atoms with E-state index >= 15 is 0 Å². The Morgan fingerprint density at radius 3 is 2.52 bits per heavy atom. The number of benzene rings is 1. The van der Waals surface area contributed by atoms with Gasteiger partial charge in [0, 0.05) is 12.1 Å². The molecule has 1 aromatic rings. The number of nitro groups is 1. The molecule has 7 heteroatoms. The Kier molecular flexibility index (Phi) is 5.52. The van der Waals surface area contributed by atoms with Gasteiger partial charge in [-0.1, -0.05) is 11.6 Å². The molecule has 1 fully saturated rings. The number of quaternary nitrogens is 1. The summed E-state index contributed by atoms with van der Waals surface area (Å²) in [6.45, 7) is 2.44. The third-order valence-electron chi connectivity index (χ3n) is 3.66. The lowest BCUT2D eigenvalue weighted by molar-refractivity contribution is -0.890. The van der Waals surface area contributed by atoms with Crippen molar-refractivity contribution in [3.05, 3.63) is 33.3 Å². The Morgan fingerprint density at radius 1 is 1.29 bits per heavy atom. The number of non-ortho nitro benzene ring substituents is 1. The molecule has 1 aromatic carbocycles. The Balaban J connectivity index is 1.94. The lowest BCUT2D eigenvalue weighted by Crippen LogP contribution is -3.12. The highest BCUT2D eigenvalue weighted by Gasteiger charge is 2.17. The van der Waals surface area contributed by atoms with E-state index in [-0.39, 0.29) is 16.6 Å². The van der Waals surface area contributed by atoms with Gasteiger partial charge < -0.3 is 10.2 Å². The number of anilines is 1. The van der Waals surface area contributed by atoms with Crippen LogP contribution in [-0.2, 0) is 4.79 Å². The van der Waals surface area contributed by atoms with Gasteiger partial charge in [-0.05, 0) is 31.7 Å². The molecule has 0 unspecified atom stereocenters. The van der Waals surface area contributed by atoms with Crippen LogP contribution in [0.2, 0.25) is 5.02 Å². The highest BCUT2D eigenvalue weighted by atomic mass is 35.5. The molecule has 1 saturated heterocycles. The number of hydrogen-bond donors (Lipinski definition) is 2. The molecule has 0 aromatic heterocycles. The number of nitrogens with zero attached hydrogens (tertiary/aromatic N) is 1. The quantitative estimate of drug-likeness (QED) is 0.655. The molecule has 0 spiro atoms. The first kappa shape index (κ1) is 15.7. The van der Waals surface area contributed by atoms with Crippen LogP contribution >= 0.6 is 11.6 Å². The molecule has 0 atom stereocenters. The largest absolute Gasteiger partial charge is 0.327 e. The maximum atomic E-state index is 12.0. The molecule has 0 radical (unpaired) electrons. The third kappa shape index (κ3) is 4.68. The van der Waals surface area contributed by atoms with Gasteiger partial charge in [0.05, 0.1) is 28.7 Å². The number of likely N-dealkylation sites (tertiary alicyclic amines) is 1. The molecule has 1 amide bonds. The molecule has 2 rings (SSSR count). The molecule has 1 aliphatic heterocycles. The van der Waals surface area contributed by atoms with Crippen molar-refractivity contribution >= 4 is 28.9 Å². The topological polar surface area (TPSA) is 76.7 Å². The number of carbonyl (C=O) groups excluding carboxylic acids is 1. The second-order valence-corrected chi connectivity index (χ2v) is 5.72. The Bertz CT molecular complexity index is 528. The van der Waals surface area contributed by atoms with Crippen molar-refractivity contribution in [3.63, 3.8) is 0 Å². The van der Waals surface area contributed by atoms with E-state index < -0.39 is 4.92 Å². The van der Waals surface area contributed by atoms with Crippen LogP contribution in [0.5, 0.6) is 0 Å². The van der Waals surface area contributed by atoms with Crippen molar-refractivity contribution in [1.29, 1.82) is 0 Å². The molecule has 0 saturated carbocycles. The summed E-state index contributed by atoms with van der Waals surface area (Å²) in [4.78, 5) is 23.4. The third-order valence-corrected chi connectivity index (χ3v) is 3.97. The van der Waals surface area contributed by atoms with Crippen LogP contribution in [0.25, 0.3) is 0 Å². The first-order valence-electron chi connectivity index (χ1n) is 7.13. The zero-order chi connectivity index (χ0) is 15.2. The summed E-state index contributed by atoms with van der Waals surface area (Å²) in [5.74, 6) is -0.109. The lowest BCUT2D eigenvalue weighted by atomic mass is 10.2. The van der Waals surface area contributed by atoms with Crippen LogP contribution in [0, 0.1) is 10.1 Å². The Morgan fingerprint density at radius 2 is 1.95 bits per heavy atom. The smallest absolute Gasteiger partial charge is 0.279 e. The Labute approximate surface area is 128 Å². The molecule has 114 valence electrons. The fourth-order valence-electron chi connectivity index (χ4n) is 2.55. The molecule has 21 heavy (non-hydrogen) atoms. The predicted octanol–water partition coefficient (Wildman–Crippen LogP) is 1.65. The standard InChI is InChI=1S/C14H18ClN3O3/c15-12-9-11(18(20)21)5-6-13(12)16-14(19)10-17-7-3-1-2-4-8-17/h5-6,9H,1-4,7-8,10H2,(H,16,19)/p+1. The summed E-state index contributed by atoms with van der Waals surface area (Å²) in [5.41, 5.74) is 0.331. The predicted molar refractivity (Wildman–Crippen MR) is 80.8 cm³/mol. The molecule has 1 aliphatic rings. The summed E-state index contributed by atoms with van der Waals surface area (Å²) in [6.07, 6.45) is 4.78. The fraction of sp³-hybridized carbons (Fsp3) is 0.500. The number of rotatable bonds is 4. The average molecular weight is 313 g/mol. The molecular weight excluding hydrogens is 294 g/mol. The van der Waals surface area contributed by atoms with Gasteiger partial charge in [0.2, 0.25) is 0 Å². The summed E-state index contributed by atoms with van der Waals surface area (Å²) in [6, 6.07) is 4.05. The normalized spacial score (nSPS) is 16.2. The minimum absolute atomic E-state index is 0.0869. The van der Waals surface area contributed by atoms with Crippen LogP contribution in [-0.4, -0.2) is 30.5 Å². The van der Waals surface area contributed by atoms with Crippen LogP contribution in [0.15, 0.2) is 18.2 Å². The van der Waals surface area contributed by atoms with E-state index in [9.17, 15) is 14.9 Å². The zero-order valence-electron chi connectivity index (χ0n) is 11.7. The van der Waals surface area contributed by atoms with Gasteiger partial charge in [0.25, 0.3) is 11.6 Å². The van der Waals surface area contributed by atoms with Gasteiger partial charge >= 0.3 is 0 Å². The number of halogens is 1. The highest BCUT2D eigenvalue weighted by molar-refractivity contribution is 6.33. The lowest BCUT2D eigenvalue weighted by Gasteiger charge is -2.16. The summed E-state index contributed by atoms with van der Waals surface area (Å²) in [5, 5.41) is 13.6. The van der Waals surface area contributed by atoms with Crippen molar-refractivity contribution in [3.8, 4) is 0 Å². The Hall–Kier alpha value is -1.66. The average Bonchev–Trinajstić information content (AvgIpc) is 2.69. The van der Waals surface area contributed by atoms with E-state index in [4.69, 9.17) is 11.6 Å². The molecule has 2 N–H and O–H groups in total. The van der Waals surface area contributed by atoms with Crippen molar-refractivity contribution in [1.82, 2.24) is 0 Å². The minimum atomic E-state index is -0.515. The molecule has 0 aliphatic carbocycles. The fourth-order valence-corrected chi connectivity index (χ4v) is 2.77. The van der Waals surface area contributed by atoms with Crippen molar-refractivity contribution in [2.75, 3.05) is 25.0 Å². The van der Waals surface area contributed by atoms with Crippen molar-refractivity contribution in [2.45, 2.75) is 25.7 Å². The summed E-state index contributed by atoms with van der Waals surface area (Å²) < 4.78 is 0. The van der Waals surface area contributed by atoms with E-state index in [0.717, 1.165) is 25.9 Å². The molecular formula is C14H19ClN3O3+. The summed E-state index contributed by atoms with van der Waals surface area (Å²) >= 11 is 5.96. The van der Waals surface area contributed by atoms with Crippen LogP contribution in [0.4, 0.5) is 11.4 Å². The van der Waals surface area contributed by atoms with Gasteiger partial charge in [0.15, 0.2) is 6.54 Å². The maximum Gasteiger partial charge on any atom is 0.279 e. The molecule has 1 heterocycles. The van der Waals surface area contributed by atoms with Crippen molar-refractivity contribution < 1.29 is 14.6 Å². The van der Waals surface area contributed by atoms with E-state index in [2.05, 4.69) is 5.32 Å². The van der Waals surface area contributed by atoms with Gasteiger partial charge in [-0.15, -0.1) is 0 Å². The SMILES string of the molecule is O=C(C[NH+]1CCCCCC1)Nc1ccc([N+](=O)[O-])cc1Cl. The van der Waals surface area contributed by atoms with Crippen LogP contribution in [0.1, 0.15) is 25.7 Å². The van der Waals surface area contributed by atoms with Crippen molar-refractivity contribution in [2.24, 2.45) is 0 Å².